The van der Waals surface area contributed by atoms with E-state index in [9.17, 15) is 4.39 Å². The fraction of sp³-hybridized carbons (Fsp3) is 0.0909. The first-order valence-electron chi connectivity index (χ1n) is 5.00. The summed E-state index contributed by atoms with van der Waals surface area (Å²) in [6.07, 6.45) is 0. The Labute approximate surface area is 117 Å². The molecular formula is C11H10Cl2FN3S. The molecule has 1 heterocycles. The molecule has 0 aliphatic carbocycles. The first-order valence-corrected chi connectivity index (χ1v) is 6.57. The van der Waals surface area contributed by atoms with Crippen LogP contribution in [0.25, 0.3) is 0 Å². The number of anilines is 3. The summed E-state index contributed by atoms with van der Waals surface area (Å²) in [6, 6.07) is 5.06. The van der Waals surface area contributed by atoms with Gasteiger partial charge in [0.15, 0.2) is 5.82 Å². The van der Waals surface area contributed by atoms with E-state index in [-0.39, 0.29) is 22.1 Å². The van der Waals surface area contributed by atoms with Gasteiger partial charge in [-0.25, -0.2) is 4.39 Å². The summed E-state index contributed by atoms with van der Waals surface area (Å²) in [6.45, 7) is 0.415. The second-order valence-electron chi connectivity index (χ2n) is 3.62. The van der Waals surface area contributed by atoms with Crippen LogP contribution in [0.2, 0.25) is 9.36 Å². The maximum atomic E-state index is 13.9. The fourth-order valence-corrected chi connectivity index (χ4v) is 2.64. The molecule has 1 aromatic heterocycles. The molecule has 0 unspecified atom stereocenters. The lowest BCUT2D eigenvalue weighted by molar-refractivity contribution is 0.632. The molecular weight excluding hydrogens is 296 g/mol. The van der Waals surface area contributed by atoms with Gasteiger partial charge in [-0.3, -0.25) is 0 Å². The third-order valence-corrected chi connectivity index (χ3v) is 3.95. The zero-order valence-electron chi connectivity index (χ0n) is 9.14. The summed E-state index contributed by atoms with van der Waals surface area (Å²) in [5, 5.41) is 2.76. The van der Waals surface area contributed by atoms with Crippen molar-refractivity contribution >= 4 is 51.6 Å². The van der Waals surface area contributed by atoms with Crippen molar-refractivity contribution in [1.82, 2.24) is 0 Å². The van der Waals surface area contributed by atoms with Crippen molar-refractivity contribution in [1.29, 1.82) is 0 Å². The molecule has 96 valence electrons. The Bertz CT molecular complexity index is 586. The van der Waals surface area contributed by atoms with Gasteiger partial charge in [-0.2, -0.15) is 0 Å². The van der Waals surface area contributed by atoms with Crippen LogP contribution in [0, 0.1) is 5.82 Å². The van der Waals surface area contributed by atoms with Crippen LogP contribution < -0.4 is 16.8 Å². The van der Waals surface area contributed by atoms with Crippen LogP contribution >= 0.6 is 34.5 Å². The molecule has 5 N–H and O–H groups in total. The van der Waals surface area contributed by atoms with E-state index in [0.717, 1.165) is 4.88 Å². The highest BCUT2D eigenvalue weighted by atomic mass is 35.5. The number of hydrogen-bond acceptors (Lipinski definition) is 4. The lowest BCUT2D eigenvalue weighted by Gasteiger charge is -2.12. The molecule has 0 saturated heterocycles. The molecule has 0 radical (unpaired) electrons. The second kappa shape index (κ2) is 5.22. The first-order chi connectivity index (χ1) is 8.49. The topological polar surface area (TPSA) is 64.1 Å². The Balaban J connectivity index is 2.22. The Morgan fingerprint density at radius 2 is 1.94 bits per heavy atom. The molecule has 18 heavy (non-hydrogen) atoms. The van der Waals surface area contributed by atoms with Gasteiger partial charge in [0.2, 0.25) is 0 Å². The van der Waals surface area contributed by atoms with Crippen molar-refractivity contribution in [3.8, 4) is 0 Å². The van der Waals surface area contributed by atoms with Crippen LogP contribution in [0.4, 0.5) is 21.5 Å². The van der Waals surface area contributed by atoms with Crippen molar-refractivity contribution in [2.24, 2.45) is 0 Å². The van der Waals surface area contributed by atoms with Gasteiger partial charge in [0, 0.05) is 11.4 Å². The van der Waals surface area contributed by atoms with E-state index in [1.54, 1.807) is 6.07 Å². The molecule has 0 spiro atoms. The predicted octanol–water partition coefficient (Wildman–Crippen LogP) is 3.97. The number of nitrogens with one attached hydrogen (secondary N) is 1. The molecule has 0 saturated carbocycles. The molecule has 0 bridgehead atoms. The molecule has 2 aromatic rings. The number of halogens is 3. The predicted molar refractivity (Wildman–Crippen MR) is 76.9 cm³/mol. The lowest BCUT2D eigenvalue weighted by Crippen LogP contribution is -2.05. The van der Waals surface area contributed by atoms with Gasteiger partial charge in [-0.05, 0) is 18.2 Å². The van der Waals surface area contributed by atoms with Gasteiger partial charge >= 0.3 is 0 Å². The number of nitrogens with two attached hydrogens (primary N) is 2. The van der Waals surface area contributed by atoms with Crippen molar-refractivity contribution in [3.63, 3.8) is 0 Å². The number of hydrogen-bond donors (Lipinski definition) is 3. The van der Waals surface area contributed by atoms with Crippen molar-refractivity contribution < 1.29 is 4.39 Å². The second-order valence-corrected chi connectivity index (χ2v) is 5.79. The molecule has 7 heteroatoms. The average molecular weight is 306 g/mol. The molecule has 0 atom stereocenters. The first kappa shape index (κ1) is 13.3. The minimum Gasteiger partial charge on any atom is -0.397 e. The van der Waals surface area contributed by atoms with E-state index in [0.29, 0.717) is 10.9 Å². The molecule has 0 amide bonds. The molecule has 0 aliphatic heterocycles. The van der Waals surface area contributed by atoms with Crippen LogP contribution in [0.1, 0.15) is 4.88 Å². The number of benzene rings is 1. The summed E-state index contributed by atoms with van der Waals surface area (Å²) in [5.74, 6) is -0.642. The van der Waals surface area contributed by atoms with Gasteiger partial charge in [0.1, 0.15) is 5.02 Å². The lowest BCUT2D eigenvalue weighted by atomic mass is 10.2. The van der Waals surface area contributed by atoms with Crippen molar-refractivity contribution in [2.45, 2.75) is 6.54 Å². The molecule has 0 fully saturated rings. The number of nitrogen functional groups attached to an aromatic ring is 2. The van der Waals surface area contributed by atoms with Crippen LogP contribution in [0.5, 0.6) is 0 Å². The highest BCUT2D eigenvalue weighted by Gasteiger charge is 2.14. The van der Waals surface area contributed by atoms with Gasteiger partial charge in [0.05, 0.1) is 21.4 Å². The Morgan fingerprint density at radius 1 is 1.22 bits per heavy atom. The molecule has 2 rings (SSSR count). The number of rotatable bonds is 3. The Morgan fingerprint density at radius 3 is 2.56 bits per heavy atom. The van der Waals surface area contributed by atoms with Gasteiger partial charge in [-0.15, -0.1) is 11.3 Å². The van der Waals surface area contributed by atoms with Crippen molar-refractivity contribution in [2.75, 3.05) is 16.8 Å². The standard InChI is InChI=1S/C11H10Cl2FN3S/c12-8-2-1-5(18-8)4-17-11-7(16)3-6(15)9(13)10(11)14/h1-3,17H,4,15-16H2. The maximum absolute atomic E-state index is 13.9. The maximum Gasteiger partial charge on any atom is 0.169 e. The van der Waals surface area contributed by atoms with Gasteiger partial charge in [0.25, 0.3) is 0 Å². The average Bonchev–Trinajstić information content (AvgIpc) is 2.72. The van der Waals surface area contributed by atoms with Gasteiger partial charge in [-0.1, -0.05) is 23.2 Å². The fourth-order valence-electron chi connectivity index (χ4n) is 1.47. The summed E-state index contributed by atoms with van der Waals surface area (Å²) in [7, 11) is 0. The van der Waals surface area contributed by atoms with E-state index in [2.05, 4.69) is 5.32 Å². The minimum atomic E-state index is -0.642. The van der Waals surface area contributed by atoms with Gasteiger partial charge < -0.3 is 16.8 Å². The van der Waals surface area contributed by atoms with Crippen LogP contribution in [0.15, 0.2) is 18.2 Å². The normalized spacial score (nSPS) is 10.6. The molecule has 3 nitrogen and oxygen atoms in total. The SMILES string of the molecule is Nc1cc(N)c(NCc2ccc(Cl)s2)c(F)c1Cl. The zero-order chi connectivity index (χ0) is 13.3. The van der Waals surface area contributed by atoms with E-state index in [4.69, 9.17) is 34.7 Å². The quantitative estimate of drug-likeness (QED) is 0.752. The molecule has 1 aromatic carbocycles. The van der Waals surface area contributed by atoms with E-state index < -0.39 is 5.82 Å². The Kier molecular flexibility index (Phi) is 3.85. The minimum absolute atomic E-state index is 0.122. The summed E-state index contributed by atoms with van der Waals surface area (Å²) >= 11 is 12.9. The van der Waals surface area contributed by atoms with Crippen molar-refractivity contribution in [3.05, 3.63) is 38.3 Å². The van der Waals surface area contributed by atoms with Crippen LogP contribution in [-0.4, -0.2) is 0 Å². The summed E-state index contributed by atoms with van der Waals surface area (Å²) < 4.78 is 14.5. The monoisotopic (exact) mass is 305 g/mol. The Hall–Kier alpha value is -1.17. The summed E-state index contributed by atoms with van der Waals surface area (Å²) in [4.78, 5) is 0.965. The zero-order valence-corrected chi connectivity index (χ0v) is 11.5. The van der Waals surface area contributed by atoms with E-state index >= 15 is 0 Å². The van der Waals surface area contributed by atoms with Crippen LogP contribution in [0.3, 0.4) is 0 Å². The molecule has 0 aliphatic rings. The van der Waals surface area contributed by atoms with E-state index in [1.807, 2.05) is 6.07 Å². The van der Waals surface area contributed by atoms with E-state index in [1.165, 1.54) is 17.4 Å². The third kappa shape index (κ3) is 2.63. The summed E-state index contributed by atoms with van der Waals surface area (Å²) in [5.41, 5.74) is 11.7. The van der Waals surface area contributed by atoms with Crippen LogP contribution in [-0.2, 0) is 6.54 Å². The third-order valence-electron chi connectivity index (χ3n) is 2.33. The number of thiophene rings is 1. The largest absolute Gasteiger partial charge is 0.397 e. The highest BCUT2D eigenvalue weighted by molar-refractivity contribution is 7.16. The smallest absolute Gasteiger partial charge is 0.169 e. The highest BCUT2D eigenvalue weighted by Crippen LogP contribution is 2.34.